The second-order valence-corrected chi connectivity index (χ2v) is 4.61. The number of allylic oxidation sites excluding steroid dienone is 2. The van der Waals surface area contributed by atoms with E-state index < -0.39 is 0 Å². The first-order valence-electron chi connectivity index (χ1n) is 5.99. The van der Waals surface area contributed by atoms with E-state index in [0.29, 0.717) is 12.5 Å². The minimum absolute atomic E-state index is 0.211. The van der Waals surface area contributed by atoms with Gasteiger partial charge in [-0.05, 0) is 38.1 Å². The third kappa shape index (κ3) is 3.34. The van der Waals surface area contributed by atoms with E-state index in [0.717, 1.165) is 25.4 Å². The first-order chi connectivity index (χ1) is 7.34. The molecule has 1 fully saturated rings. The van der Waals surface area contributed by atoms with E-state index in [1.165, 1.54) is 19.3 Å². The van der Waals surface area contributed by atoms with Gasteiger partial charge in [-0.15, -0.1) is 0 Å². The molecule has 1 amide bonds. The van der Waals surface area contributed by atoms with Gasteiger partial charge in [0, 0.05) is 19.0 Å². The molecule has 0 bridgehead atoms. The van der Waals surface area contributed by atoms with Gasteiger partial charge < -0.3 is 10.6 Å². The van der Waals surface area contributed by atoms with E-state index in [9.17, 15) is 4.79 Å². The van der Waals surface area contributed by atoms with Gasteiger partial charge in [-0.3, -0.25) is 4.79 Å². The molecule has 2 rings (SSSR count). The summed E-state index contributed by atoms with van der Waals surface area (Å²) in [6.45, 7) is 2.03. The van der Waals surface area contributed by atoms with Crippen molar-refractivity contribution in [1.29, 1.82) is 0 Å². The van der Waals surface area contributed by atoms with Crippen LogP contribution >= 0.6 is 0 Å². The number of hydrogen-bond donors (Lipinski definition) is 2. The lowest BCUT2D eigenvalue weighted by Crippen LogP contribution is -2.37. The fourth-order valence-corrected chi connectivity index (χ4v) is 2.33. The highest BCUT2D eigenvalue weighted by molar-refractivity contribution is 5.78. The maximum atomic E-state index is 11.0. The van der Waals surface area contributed by atoms with Crippen molar-refractivity contribution in [3.63, 3.8) is 0 Å². The van der Waals surface area contributed by atoms with E-state index >= 15 is 0 Å². The molecule has 1 aliphatic carbocycles. The van der Waals surface area contributed by atoms with Crippen molar-refractivity contribution in [2.75, 3.05) is 13.1 Å². The zero-order chi connectivity index (χ0) is 10.5. The molecule has 2 unspecified atom stereocenters. The highest BCUT2D eigenvalue weighted by Gasteiger charge is 2.20. The van der Waals surface area contributed by atoms with Crippen molar-refractivity contribution >= 4 is 5.91 Å². The largest absolute Gasteiger partial charge is 0.352 e. The number of carbonyl (C=O) groups excluding carboxylic acids is 1. The summed E-state index contributed by atoms with van der Waals surface area (Å²) in [6, 6.07) is 0.372. The summed E-state index contributed by atoms with van der Waals surface area (Å²) in [5.41, 5.74) is 0. The van der Waals surface area contributed by atoms with Crippen molar-refractivity contribution in [1.82, 2.24) is 10.6 Å². The lowest BCUT2D eigenvalue weighted by molar-refractivity contribution is -0.119. The first-order valence-corrected chi connectivity index (χ1v) is 5.99. The van der Waals surface area contributed by atoms with Crippen LogP contribution in [0.25, 0.3) is 0 Å². The molecule has 0 spiro atoms. The van der Waals surface area contributed by atoms with Crippen molar-refractivity contribution in [3.8, 4) is 0 Å². The Bertz CT molecular complexity index is 246. The summed E-state index contributed by atoms with van der Waals surface area (Å²) in [4.78, 5) is 11.0. The van der Waals surface area contributed by atoms with Gasteiger partial charge in [0.2, 0.25) is 5.91 Å². The van der Waals surface area contributed by atoms with E-state index in [-0.39, 0.29) is 5.91 Å². The lowest BCUT2D eigenvalue weighted by atomic mass is 9.94. The monoisotopic (exact) mass is 208 g/mol. The minimum atomic E-state index is 0.211. The highest BCUT2D eigenvalue weighted by Crippen LogP contribution is 2.16. The number of hydrogen-bond acceptors (Lipinski definition) is 2. The van der Waals surface area contributed by atoms with E-state index in [1.807, 2.05) is 0 Å². The van der Waals surface area contributed by atoms with Crippen LogP contribution in [0.15, 0.2) is 12.2 Å². The average molecular weight is 208 g/mol. The Morgan fingerprint density at radius 1 is 1.33 bits per heavy atom. The minimum Gasteiger partial charge on any atom is -0.352 e. The first kappa shape index (κ1) is 10.7. The summed E-state index contributed by atoms with van der Waals surface area (Å²) in [5.74, 6) is 1.01. The van der Waals surface area contributed by atoms with Gasteiger partial charge in [0.25, 0.3) is 0 Å². The van der Waals surface area contributed by atoms with Crippen LogP contribution in [0.3, 0.4) is 0 Å². The van der Waals surface area contributed by atoms with Crippen LogP contribution in [0.2, 0.25) is 0 Å². The maximum absolute atomic E-state index is 11.0. The number of nitrogens with one attached hydrogen (secondary N) is 2. The van der Waals surface area contributed by atoms with Gasteiger partial charge in [-0.1, -0.05) is 12.2 Å². The smallest absolute Gasteiger partial charge is 0.220 e. The Labute approximate surface area is 91.3 Å². The maximum Gasteiger partial charge on any atom is 0.220 e. The third-order valence-corrected chi connectivity index (χ3v) is 3.29. The van der Waals surface area contributed by atoms with Gasteiger partial charge in [0.05, 0.1) is 0 Å². The average Bonchev–Trinajstić information content (AvgIpc) is 2.66. The predicted octanol–water partition coefficient (Wildman–Crippen LogP) is 1.21. The van der Waals surface area contributed by atoms with Crippen LogP contribution in [0.4, 0.5) is 0 Å². The van der Waals surface area contributed by atoms with Crippen molar-refractivity contribution in [3.05, 3.63) is 12.2 Å². The molecule has 0 saturated carbocycles. The second-order valence-electron chi connectivity index (χ2n) is 4.61. The Morgan fingerprint density at radius 2 is 2.27 bits per heavy atom. The number of rotatable bonds is 4. The molecule has 84 valence electrons. The third-order valence-electron chi connectivity index (χ3n) is 3.29. The Morgan fingerprint density at radius 3 is 2.93 bits per heavy atom. The van der Waals surface area contributed by atoms with Gasteiger partial charge in [0.1, 0.15) is 0 Å². The molecule has 1 saturated heterocycles. The van der Waals surface area contributed by atoms with Gasteiger partial charge in [-0.2, -0.15) is 0 Å². The van der Waals surface area contributed by atoms with Crippen LogP contribution < -0.4 is 10.6 Å². The molecule has 15 heavy (non-hydrogen) atoms. The van der Waals surface area contributed by atoms with Gasteiger partial charge >= 0.3 is 0 Å². The quantitative estimate of drug-likeness (QED) is 0.682. The SMILES string of the molecule is O=C1CCC(CNCC2CC=CCC2)N1. The Hall–Kier alpha value is -0.830. The van der Waals surface area contributed by atoms with Crippen LogP contribution in [0.5, 0.6) is 0 Å². The fraction of sp³-hybridized carbons (Fsp3) is 0.750. The van der Waals surface area contributed by atoms with E-state index in [2.05, 4.69) is 22.8 Å². The summed E-state index contributed by atoms with van der Waals surface area (Å²) in [5, 5.41) is 6.45. The van der Waals surface area contributed by atoms with Crippen molar-refractivity contribution in [2.45, 2.75) is 38.1 Å². The molecule has 1 aliphatic heterocycles. The summed E-state index contributed by atoms with van der Waals surface area (Å²) in [7, 11) is 0. The summed E-state index contributed by atoms with van der Waals surface area (Å²) in [6.07, 6.45) is 10.0. The van der Waals surface area contributed by atoms with Crippen LogP contribution in [-0.4, -0.2) is 25.0 Å². The predicted molar refractivity (Wildman–Crippen MR) is 60.5 cm³/mol. The molecule has 0 aromatic rings. The summed E-state index contributed by atoms with van der Waals surface area (Å²) >= 11 is 0. The molecule has 3 heteroatoms. The molecule has 2 aliphatic rings. The lowest BCUT2D eigenvalue weighted by Gasteiger charge is -2.19. The molecule has 0 aromatic carbocycles. The molecule has 0 radical (unpaired) electrons. The molecule has 1 heterocycles. The van der Waals surface area contributed by atoms with E-state index in [4.69, 9.17) is 0 Å². The Kier molecular flexibility index (Phi) is 3.78. The zero-order valence-electron chi connectivity index (χ0n) is 9.17. The fourth-order valence-electron chi connectivity index (χ4n) is 2.33. The van der Waals surface area contributed by atoms with Gasteiger partial charge in [0.15, 0.2) is 0 Å². The molecule has 2 atom stereocenters. The molecule has 3 nitrogen and oxygen atoms in total. The normalized spacial score (nSPS) is 30.5. The molecule has 0 aromatic heterocycles. The van der Waals surface area contributed by atoms with Crippen molar-refractivity contribution in [2.24, 2.45) is 5.92 Å². The topological polar surface area (TPSA) is 41.1 Å². The van der Waals surface area contributed by atoms with Gasteiger partial charge in [-0.25, -0.2) is 0 Å². The van der Waals surface area contributed by atoms with Crippen molar-refractivity contribution < 1.29 is 4.79 Å². The summed E-state index contributed by atoms with van der Waals surface area (Å²) < 4.78 is 0. The molecule has 2 N–H and O–H groups in total. The standard InChI is InChI=1S/C12H20N2O/c15-12-7-6-11(14-12)9-13-8-10-4-2-1-3-5-10/h1-2,10-11,13H,3-9H2,(H,14,15). The van der Waals surface area contributed by atoms with Crippen LogP contribution in [0.1, 0.15) is 32.1 Å². The van der Waals surface area contributed by atoms with Crippen LogP contribution in [-0.2, 0) is 4.79 Å². The highest BCUT2D eigenvalue weighted by atomic mass is 16.1. The zero-order valence-corrected chi connectivity index (χ0v) is 9.17. The molecular weight excluding hydrogens is 188 g/mol. The Balaban J connectivity index is 1.58. The number of amides is 1. The molecular formula is C12H20N2O. The number of carbonyl (C=O) groups is 1. The second kappa shape index (κ2) is 5.31. The van der Waals surface area contributed by atoms with Crippen LogP contribution in [0, 0.1) is 5.92 Å². The van der Waals surface area contributed by atoms with E-state index in [1.54, 1.807) is 0 Å².